The molecule has 0 aromatic carbocycles. The van der Waals surface area contributed by atoms with Gasteiger partial charge in [-0.15, -0.1) is 0 Å². The zero-order valence-electron chi connectivity index (χ0n) is 5.97. The van der Waals surface area contributed by atoms with Gasteiger partial charge in [0.1, 0.15) is 6.29 Å². The van der Waals surface area contributed by atoms with Crippen molar-refractivity contribution in [2.75, 3.05) is 6.54 Å². The molecule has 0 heterocycles. The van der Waals surface area contributed by atoms with Crippen molar-refractivity contribution >= 4 is 12.3 Å². The molecule has 0 aliphatic carbocycles. The molecule has 0 atom stereocenters. The molecule has 0 amide bonds. The summed E-state index contributed by atoms with van der Waals surface area (Å²) in [7, 11) is 0. The number of hydrogen-bond donors (Lipinski definition) is 2. The molecule has 0 saturated heterocycles. The van der Waals surface area contributed by atoms with E-state index in [0.29, 0.717) is 13.0 Å². The van der Waals surface area contributed by atoms with Gasteiger partial charge in [-0.3, -0.25) is 0 Å². The summed E-state index contributed by atoms with van der Waals surface area (Å²) >= 11 is 0. The standard InChI is InChI=1S/C3H7NO.C2HF3O2/c4-2-1-3-5;3-2(4,5)1(6)7/h3H,1-2,4H2;(H,6,7). The van der Waals surface area contributed by atoms with Crippen molar-refractivity contribution in [3.8, 4) is 0 Å². The monoisotopic (exact) mass is 187 g/mol. The van der Waals surface area contributed by atoms with Crippen LogP contribution in [0.25, 0.3) is 0 Å². The smallest absolute Gasteiger partial charge is 0.475 e. The van der Waals surface area contributed by atoms with Gasteiger partial charge in [0.25, 0.3) is 0 Å². The molecular formula is C5H8F3NO3. The molecule has 0 saturated carbocycles. The van der Waals surface area contributed by atoms with Gasteiger partial charge in [-0.25, -0.2) is 4.79 Å². The van der Waals surface area contributed by atoms with Gasteiger partial charge in [0.2, 0.25) is 0 Å². The van der Waals surface area contributed by atoms with E-state index in [-0.39, 0.29) is 0 Å². The van der Waals surface area contributed by atoms with E-state index in [0.717, 1.165) is 6.29 Å². The Kier molecular flexibility index (Phi) is 7.40. The molecule has 0 radical (unpaired) electrons. The number of carboxylic acid groups (broad SMARTS) is 1. The Morgan fingerprint density at radius 1 is 1.50 bits per heavy atom. The van der Waals surface area contributed by atoms with Gasteiger partial charge in [0, 0.05) is 6.42 Å². The highest BCUT2D eigenvalue weighted by Crippen LogP contribution is 2.13. The van der Waals surface area contributed by atoms with E-state index in [1.54, 1.807) is 0 Å². The largest absolute Gasteiger partial charge is 0.490 e. The molecule has 0 aliphatic rings. The Morgan fingerprint density at radius 3 is 1.83 bits per heavy atom. The van der Waals surface area contributed by atoms with Crippen molar-refractivity contribution in [2.24, 2.45) is 5.73 Å². The second-order valence-electron chi connectivity index (χ2n) is 1.55. The fourth-order valence-corrected chi connectivity index (χ4v) is 0.0680. The Labute approximate surface area is 66.2 Å². The number of nitrogens with two attached hydrogens (primary N) is 1. The van der Waals surface area contributed by atoms with E-state index in [9.17, 15) is 18.0 Å². The SMILES string of the molecule is NCCC=O.O=C(O)C(F)(F)F. The van der Waals surface area contributed by atoms with Crippen LogP contribution in [0.5, 0.6) is 0 Å². The van der Waals surface area contributed by atoms with Crippen molar-refractivity contribution < 1.29 is 27.9 Å². The van der Waals surface area contributed by atoms with Crippen molar-refractivity contribution in [2.45, 2.75) is 12.6 Å². The summed E-state index contributed by atoms with van der Waals surface area (Å²) in [6.07, 6.45) is -3.79. The molecule has 0 fully saturated rings. The number of aldehydes is 1. The molecule has 7 heteroatoms. The Bertz CT molecular complexity index is 145. The lowest BCUT2D eigenvalue weighted by molar-refractivity contribution is -0.192. The zero-order chi connectivity index (χ0) is 10.2. The summed E-state index contributed by atoms with van der Waals surface area (Å²) < 4.78 is 31.7. The van der Waals surface area contributed by atoms with Gasteiger partial charge in [-0.05, 0) is 6.54 Å². The minimum Gasteiger partial charge on any atom is -0.475 e. The van der Waals surface area contributed by atoms with E-state index >= 15 is 0 Å². The van der Waals surface area contributed by atoms with Crippen LogP contribution < -0.4 is 5.73 Å². The number of hydrogen-bond acceptors (Lipinski definition) is 3. The lowest BCUT2D eigenvalue weighted by Gasteiger charge is -1.93. The minimum absolute atomic E-state index is 0.476. The highest BCUT2D eigenvalue weighted by atomic mass is 19.4. The van der Waals surface area contributed by atoms with E-state index in [1.807, 2.05) is 0 Å². The molecule has 3 N–H and O–H groups in total. The zero-order valence-corrected chi connectivity index (χ0v) is 5.97. The average Bonchev–Trinajstić information content (AvgIpc) is 1.88. The first-order chi connectivity index (χ1) is 5.36. The first-order valence-corrected chi connectivity index (χ1v) is 2.80. The Hall–Kier alpha value is -1.11. The van der Waals surface area contributed by atoms with Crippen LogP contribution in [-0.4, -0.2) is 30.1 Å². The third kappa shape index (κ3) is 11.7. The lowest BCUT2D eigenvalue weighted by atomic mass is 10.5. The predicted octanol–water partition coefficient (Wildman–Crippen LogP) is 0.167. The second-order valence-corrected chi connectivity index (χ2v) is 1.55. The fraction of sp³-hybridized carbons (Fsp3) is 0.600. The minimum atomic E-state index is -5.08. The van der Waals surface area contributed by atoms with E-state index < -0.39 is 12.1 Å². The quantitative estimate of drug-likeness (QED) is 0.603. The maximum Gasteiger partial charge on any atom is 0.490 e. The van der Waals surface area contributed by atoms with Gasteiger partial charge < -0.3 is 15.6 Å². The van der Waals surface area contributed by atoms with E-state index in [4.69, 9.17) is 15.6 Å². The third-order valence-electron chi connectivity index (χ3n) is 0.527. The molecular weight excluding hydrogens is 179 g/mol. The fourth-order valence-electron chi connectivity index (χ4n) is 0.0680. The highest BCUT2D eigenvalue weighted by molar-refractivity contribution is 5.73. The molecule has 0 unspecified atom stereocenters. The molecule has 12 heavy (non-hydrogen) atoms. The molecule has 0 aromatic rings. The summed E-state index contributed by atoms with van der Waals surface area (Å²) in [6, 6.07) is 0. The van der Waals surface area contributed by atoms with Gasteiger partial charge >= 0.3 is 12.1 Å². The Balaban J connectivity index is 0. The maximum atomic E-state index is 10.6. The predicted molar refractivity (Wildman–Crippen MR) is 33.4 cm³/mol. The van der Waals surface area contributed by atoms with Gasteiger partial charge in [0.15, 0.2) is 0 Å². The number of halogens is 3. The molecule has 0 aliphatic heterocycles. The van der Waals surface area contributed by atoms with Crippen molar-refractivity contribution in [3.05, 3.63) is 0 Å². The molecule has 0 bridgehead atoms. The molecule has 0 spiro atoms. The van der Waals surface area contributed by atoms with Crippen LogP contribution >= 0.6 is 0 Å². The van der Waals surface area contributed by atoms with Crippen LogP contribution in [0.3, 0.4) is 0 Å². The first kappa shape index (κ1) is 13.5. The van der Waals surface area contributed by atoms with Crippen molar-refractivity contribution in [3.63, 3.8) is 0 Å². The highest BCUT2D eigenvalue weighted by Gasteiger charge is 2.38. The number of alkyl halides is 3. The number of carboxylic acids is 1. The van der Waals surface area contributed by atoms with Crippen LogP contribution in [0.4, 0.5) is 13.2 Å². The van der Waals surface area contributed by atoms with Crippen LogP contribution in [-0.2, 0) is 9.59 Å². The Morgan fingerprint density at radius 2 is 1.83 bits per heavy atom. The van der Waals surface area contributed by atoms with Crippen LogP contribution in [0.15, 0.2) is 0 Å². The number of carbonyl (C=O) groups excluding carboxylic acids is 1. The average molecular weight is 187 g/mol. The second kappa shape index (κ2) is 6.59. The molecule has 4 nitrogen and oxygen atoms in total. The van der Waals surface area contributed by atoms with Crippen molar-refractivity contribution in [1.82, 2.24) is 0 Å². The summed E-state index contributed by atoms with van der Waals surface area (Å²) in [5.74, 6) is -2.76. The summed E-state index contributed by atoms with van der Waals surface area (Å²) in [4.78, 5) is 18.2. The van der Waals surface area contributed by atoms with Gasteiger partial charge in [-0.2, -0.15) is 13.2 Å². The lowest BCUT2D eigenvalue weighted by Crippen LogP contribution is -2.21. The number of aliphatic carboxylic acids is 1. The summed E-state index contributed by atoms with van der Waals surface area (Å²) in [5.41, 5.74) is 4.91. The number of carbonyl (C=O) groups is 2. The first-order valence-electron chi connectivity index (χ1n) is 2.80. The molecule has 0 rings (SSSR count). The normalized spacial score (nSPS) is 9.67. The van der Waals surface area contributed by atoms with Crippen LogP contribution in [0.2, 0.25) is 0 Å². The topological polar surface area (TPSA) is 80.4 Å². The summed E-state index contributed by atoms with van der Waals surface area (Å²) in [6.45, 7) is 0.476. The van der Waals surface area contributed by atoms with Crippen molar-refractivity contribution in [1.29, 1.82) is 0 Å². The van der Waals surface area contributed by atoms with E-state index in [1.165, 1.54) is 0 Å². The van der Waals surface area contributed by atoms with Gasteiger partial charge in [0.05, 0.1) is 0 Å². The van der Waals surface area contributed by atoms with Crippen LogP contribution in [0.1, 0.15) is 6.42 Å². The van der Waals surface area contributed by atoms with Crippen LogP contribution in [0, 0.1) is 0 Å². The molecule has 0 aromatic heterocycles. The third-order valence-corrected chi connectivity index (χ3v) is 0.527. The summed E-state index contributed by atoms with van der Waals surface area (Å²) in [5, 5.41) is 7.12. The molecule has 72 valence electrons. The van der Waals surface area contributed by atoms with Gasteiger partial charge in [-0.1, -0.05) is 0 Å². The maximum absolute atomic E-state index is 10.6. The van der Waals surface area contributed by atoms with E-state index in [2.05, 4.69) is 0 Å². The number of rotatable bonds is 2.